The second-order valence-electron chi connectivity index (χ2n) is 3.10. The summed E-state index contributed by atoms with van der Waals surface area (Å²) in [5, 5.41) is 0. The van der Waals surface area contributed by atoms with Gasteiger partial charge in [0.05, 0.1) is 25.7 Å². The van der Waals surface area contributed by atoms with Crippen molar-refractivity contribution in [2.45, 2.75) is 25.7 Å². The smallest absolute Gasteiger partial charge is 0.0873 e. The van der Waals surface area contributed by atoms with Gasteiger partial charge in [0, 0.05) is 13.2 Å². The maximum atomic E-state index is 5.43. The fourth-order valence-corrected chi connectivity index (χ4v) is 1.05. The fourth-order valence-electron chi connectivity index (χ4n) is 1.05. The van der Waals surface area contributed by atoms with Gasteiger partial charge in [0.15, 0.2) is 0 Å². The molecule has 0 aromatic rings. The molecule has 3 nitrogen and oxygen atoms in total. The molecule has 0 aromatic carbocycles. The van der Waals surface area contributed by atoms with Crippen LogP contribution in [-0.4, -0.2) is 26.4 Å². The molecule has 0 N–H and O–H groups in total. The molecule has 0 aromatic heterocycles. The molecule has 0 unspecified atom stereocenters. The summed E-state index contributed by atoms with van der Waals surface area (Å²) in [4.78, 5) is 0. The molecule has 0 heterocycles. The normalized spacial score (nSPS) is 9.60. The highest BCUT2D eigenvalue weighted by Gasteiger charge is 1.91. The van der Waals surface area contributed by atoms with Gasteiger partial charge in [-0.05, 0) is 25.7 Å². The van der Waals surface area contributed by atoms with Crippen molar-refractivity contribution in [2.24, 2.45) is 0 Å². The van der Waals surface area contributed by atoms with Crippen molar-refractivity contribution in [3.63, 3.8) is 0 Å². The standard InChI is InChI=1S/C12H22O3/c1-3-13-9-5-7-11-15-12-8-6-10-14-4-2/h3-4H,1-2,5-12H2. The van der Waals surface area contributed by atoms with Crippen molar-refractivity contribution >= 4 is 0 Å². The van der Waals surface area contributed by atoms with Crippen LogP contribution in [0.5, 0.6) is 0 Å². The molecule has 0 amide bonds. The molecule has 0 atom stereocenters. The minimum Gasteiger partial charge on any atom is -0.502 e. The highest BCUT2D eigenvalue weighted by atomic mass is 16.5. The van der Waals surface area contributed by atoms with Crippen LogP contribution >= 0.6 is 0 Å². The first-order chi connectivity index (χ1) is 7.41. The van der Waals surface area contributed by atoms with Gasteiger partial charge in [0.2, 0.25) is 0 Å². The largest absolute Gasteiger partial charge is 0.502 e. The molecular formula is C12H22O3. The monoisotopic (exact) mass is 214 g/mol. The lowest BCUT2D eigenvalue weighted by molar-refractivity contribution is 0.115. The lowest BCUT2D eigenvalue weighted by Crippen LogP contribution is -2.00. The first-order valence-electron chi connectivity index (χ1n) is 5.44. The van der Waals surface area contributed by atoms with Crippen molar-refractivity contribution in [2.75, 3.05) is 26.4 Å². The van der Waals surface area contributed by atoms with Gasteiger partial charge in [-0.2, -0.15) is 0 Å². The number of ether oxygens (including phenoxy) is 3. The van der Waals surface area contributed by atoms with Crippen LogP contribution in [0, 0.1) is 0 Å². The van der Waals surface area contributed by atoms with Gasteiger partial charge in [-0.15, -0.1) is 0 Å². The summed E-state index contributed by atoms with van der Waals surface area (Å²) in [6.45, 7) is 10.0. The first kappa shape index (κ1) is 14.0. The Morgan fingerprint density at radius 2 is 1.07 bits per heavy atom. The molecular weight excluding hydrogens is 192 g/mol. The van der Waals surface area contributed by atoms with Crippen molar-refractivity contribution in [1.29, 1.82) is 0 Å². The molecule has 0 radical (unpaired) electrons. The Hall–Kier alpha value is -0.960. The molecule has 0 fully saturated rings. The van der Waals surface area contributed by atoms with Crippen LogP contribution < -0.4 is 0 Å². The van der Waals surface area contributed by atoms with E-state index in [1.807, 2.05) is 0 Å². The van der Waals surface area contributed by atoms with Gasteiger partial charge in [-0.25, -0.2) is 0 Å². The lowest BCUT2D eigenvalue weighted by atomic mass is 10.3. The minimum absolute atomic E-state index is 0.736. The molecule has 0 aliphatic heterocycles. The second-order valence-corrected chi connectivity index (χ2v) is 3.10. The number of hydrogen-bond donors (Lipinski definition) is 0. The maximum absolute atomic E-state index is 5.43. The van der Waals surface area contributed by atoms with E-state index in [2.05, 4.69) is 13.2 Å². The Morgan fingerprint density at radius 1 is 0.667 bits per heavy atom. The van der Waals surface area contributed by atoms with Crippen LogP contribution in [-0.2, 0) is 14.2 Å². The molecule has 0 aliphatic carbocycles. The molecule has 88 valence electrons. The van der Waals surface area contributed by atoms with Crippen LogP contribution in [0.1, 0.15) is 25.7 Å². The predicted molar refractivity (Wildman–Crippen MR) is 61.6 cm³/mol. The number of hydrogen-bond acceptors (Lipinski definition) is 3. The van der Waals surface area contributed by atoms with Crippen molar-refractivity contribution in [3.8, 4) is 0 Å². The summed E-state index contributed by atoms with van der Waals surface area (Å²) in [6, 6.07) is 0. The summed E-state index contributed by atoms with van der Waals surface area (Å²) in [7, 11) is 0. The highest BCUT2D eigenvalue weighted by Crippen LogP contribution is 1.95. The second kappa shape index (κ2) is 13.0. The van der Waals surface area contributed by atoms with E-state index in [-0.39, 0.29) is 0 Å². The van der Waals surface area contributed by atoms with E-state index in [0.717, 1.165) is 52.1 Å². The zero-order chi connectivity index (χ0) is 11.2. The Morgan fingerprint density at radius 3 is 1.47 bits per heavy atom. The zero-order valence-electron chi connectivity index (χ0n) is 9.45. The van der Waals surface area contributed by atoms with Crippen LogP contribution in [0.15, 0.2) is 25.7 Å². The third kappa shape index (κ3) is 13.0. The predicted octanol–water partition coefficient (Wildman–Crippen LogP) is 2.88. The SMILES string of the molecule is C=COCCCCOCCCCOC=C. The highest BCUT2D eigenvalue weighted by molar-refractivity contribution is 4.50. The van der Waals surface area contributed by atoms with E-state index in [4.69, 9.17) is 14.2 Å². The third-order valence-corrected chi connectivity index (χ3v) is 1.84. The van der Waals surface area contributed by atoms with Gasteiger partial charge in [-0.1, -0.05) is 13.2 Å². The van der Waals surface area contributed by atoms with E-state index < -0.39 is 0 Å². The van der Waals surface area contributed by atoms with Crippen LogP contribution in [0.2, 0.25) is 0 Å². The van der Waals surface area contributed by atoms with Gasteiger partial charge >= 0.3 is 0 Å². The summed E-state index contributed by atoms with van der Waals surface area (Å²) in [6.07, 6.45) is 7.06. The Labute approximate surface area is 92.7 Å². The van der Waals surface area contributed by atoms with Crippen molar-refractivity contribution < 1.29 is 14.2 Å². The summed E-state index contributed by atoms with van der Waals surface area (Å²) in [5.41, 5.74) is 0. The lowest BCUT2D eigenvalue weighted by Gasteiger charge is -2.04. The van der Waals surface area contributed by atoms with Crippen LogP contribution in [0.3, 0.4) is 0 Å². The summed E-state index contributed by atoms with van der Waals surface area (Å²) < 4.78 is 15.4. The molecule has 0 bridgehead atoms. The summed E-state index contributed by atoms with van der Waals surface area (Å²) in [5.74, 6) is 0. The molecule has 0 aliphatic rings. The van der Waals surface area contributed by atoms with E-state index in [0.29, 0.717) is 0 Å². The zero-order valence-corrected chi connectivity index (χ0v) is 9.45. The van der Waals surface area contributed by atoms with Crippen LogP contribution in [0.25, 0.3) is 0 Å². The molecule has 3 heteroatoms. The Kier molecular flexibility index (Phi) is 12.2. The Bertz CT molecular complexity index is 130. The maximum Gasteiger partial charge on any atom is 0.0873 e. The van der Waals surface area contributed by atoms with Gasteiger partial charge in [0.25, 0.3) is 0 Å². The quantitative estimate of drug-likeness (QED) is 0.369. The van der Waals surface area contributed by atoms with E-state index in [1.54, 1.807) is 0 Å². The molecule has 0 spiro atoms. The fraction of sp³-hybridized carbons (Fsp3) is 0.667. The van der Waals surface area contributed by atoms with E-state index >= 15 is 0 Å². The topological polar surface area (TPSA) is 27.7 Å². The van der Waals surface area contributed by atoms with Gasteiger partial charge < -0.3 is 14.2 Å². The average molecular weight is 214 g/mol. The first-order valence-corrected chi connectivity index (χ1v) is 5.44. The van der Waals surface area contributed by atoms with Gasteiger partial charge in [-0.3, -0.25) is 0 Å². The average Bonchev–Trinajstić information content (AvgIpc) is 2.26. The van der Waals surface area contributed by atoms with Gasteiger partial charge in [0.1, 0.15) is 0 Å². The Balaban J connectivity index is 2.86. The summed E-state index contributed by atoms with van der Waals surface area (Å²) >= 11 is 0. The van der Waals surface area contributed by atoms with Crippen molar-refractivity contribution in [1.82, 2.24) is 0 Å². The molecule has 0 saturated heterocycles. The number of rotatable bonds is 12. The molecule has 0 saturated carbocycles. The molecule has 0 rings (SSSR count). The van der Waals surface area contributed by atoms with Crippen molar-refractivity contribution in [3.05, 3.63) is 25.7 Å². The minimum atomic E-state index is 0.736. The molecule has 15 heavy (non-hydrogen) atoms. The van der Waals surface area contributed by atoms with E-state index in [9.17, 15) is 0 Å². The van der Waals surface area contributed by atoms with Crippen LogP contribution in [0.4, 0.5) is 0 Å². The third-order valence-electron chi connectivity index (χ3n) is 1.84. The van der Waals surface area contributed by atoms with E-state index in [1.165, 1.54) is 12.5 Å². The number of unbranched alkanes of at least 4 members (excludes halogenated alkanes) is 2.